The van der Waals surface area contributed by atoms with Crippen LogP contribution in [0.3, 0.4) is 0 Å². The molecule has 0 fully saturated rings. The molecule has 0 spiro atoms. The van der Waals surface area contributed by atoms with Crippen molar-refractivity contribution in [1.29, 1.82) is 0 Å². The summed E-state index contributed by atoms with van der Waals surface area (Å²) in [7, 11) is -3.47. The highest BCUT2D eigenvalue weighted by Crippen LogP contribution is 2.14. The molecular formula is C14H26N4O2S. The van der Waals surface area contributed by atoms with Gasteiger partial charge in [-0.1, -0.05) is 19.9 Å². The van der Waals surface area contributed by atoms with Gasteiger partial charge in [0.25, 0.3) is 0 Å². The molecule has 1 heterocycles. The Kier molecular flexibility index (Phi) is 7.63. The minimum atomic E-state index is -3.47. The Hall–Kier alpha value is -1.18. The summed E-state index contributed by atoms with van der Waals surface area (Å²) in [6.45, 7) is 10.9. The van der Waals surface area contributed by atoms with Crippen LogP contribution in [0.2, 0.25) is 0 Å². The van der Waals surface area contributed by atoms with E-state index in [1.807, 2.05) is 6.92 Å². The van der Waals surface area contributed by atoms with E-state index in [0.717, 1.165) is 25.9 Å². The van der Waals surface area contributed by atoms with E-state index in [4.69, 9.17) is 0 Å². The topological polar surface area (TPSA) is 67.2 Å². The third-order valence-corrected chi connectivity index (χ3v) is 4.99. The zero-order chi connectivity index (χ0) is 15.7. The van der Waals surface area contributed by atoms with Crippen LogP contribution in [0.4, 0.5) is 0 Å². The van der Waals surface area contributed by atoms with E-state index in [9.17, 15) is 8.42 Å². The third kappa shape index (κ3) is 5.26. The summed E-state index contributed by atoms with van der Waals surface area (Å²) >= 11 is 0. The van der Waals surface area contributed by atoms with Crippen molar-refractivity contribution >= 4 is 10.0 Å². The Morgan fingerprint density at radius 2 is 2.19 bits per heavy atom. The number of hydrogen-bond donors (Lipinski definition) is 1. The van der Waals surface area contributed by atoms with E-state index in [-0.39, 0.29) is 4.90 Å². The van der Waals surface area contributed by atoms with Gasteiger partial charge in [0, 0.05) is 25.8 Å². The minimum Gasteiger partial charge on any atom is -0.317 e. The van der Waals surface area contributed by atoms with Gasteiger partial charge in [0.2, 0.25) is 10.0 Å². The van der Waals surface area contributed by atoms with E-state index in [1.54, 1.807) is 17.0 Å². The van der Waals surface area contributed by atoms with Gasteiger partial charge in [0.15, 0.2) is 0 Å². The predicted octanol–water partition coefficient (Wildman–Crippen LogP) is 1.47. The quantitative estimate of drug-likeness (QED) is 0.496. The molecule has 0 atom stereocenters. The van der Waals surface area contributed by atoms with Crippen molar-refractivity contribution in [3.63, 3.8) is 0 Å². The Morgan fingerprint density at radius 1 is 1.43 bits per heavy atom. The van der Waals surface area contributed by atoms with Gasteiger partial charge in [-0.15, -0.1) is 6.58 Å². The van der Waals surface area contributed by atoms with Crippen molar-refractivity contribution in [1.82, 2.24) is 19.4 Å². The SMILES string of the molecule is C=CCN(CC)S(=O)(=O)c1cnn(CCCNCCC)c1. The number of hydrogen-bond acceptors (Lipinski definition) is 4. The molecule has 0 amide bonds. The van der Waals surface area contributed by atoms with Gasteiger partial charge >= 0.3 is 0 Å². The lowest BCUT2D eigenvalue weighted by molar-refractivity contribution is 0.459. The molecule has 1 aromatic heterocycles. The number of sulfonamides is 1. The van der Waals surface area contributed by atoms with Crippen molar-refractivity contribution in [3.05, 3.63) is 25.0 Å². The highest BCUT2D eigenvalue weighted by atomic mass is 32.2. The van der Waals surface area contributed by atoms with Gasteiger partial charge in [-0.25, -0.2) is 8.42 Å². The van der Waals surface area contributed by atoms with Gasteiger partial charge in [0.05, 0.1) is 6.20 Å². The number of likely N-dealkylation sites (N-methyl/N-ethyl adjacent to an activating group) is 1. The van der Waals surface area contributed by atoms with Gasteiger partial charge in [-0.2, -0.15) is 9.40 Å². The molecule has 0 aliphatic heterocycles. The fourth-order valence-corrected chi connectivity index (χ4v) is 3.33. The van der Waals surface area contributed by atoms with Crippen LogP contribution in [0.1, 0.15) is 26.7 Å². The largest absolute Gasteiger partial charge is 0.317 e. The molecule has 1 N–H and O–H groups in total. The molecule has 0 aromatic carbocycles. The maximum absolute atomic E-state index is 12.4. The summed E-state index contributed by atoms with van der Waals surface area (Å²) in [6, 6.07) is 0. The molecule has 1 rings (SSSR count). The molecule has 0 saturated carbocycles. The lowest BCUT2D eigenvalue weighted by atomic mass is 10.4. The summed E-state index contributed by atoms with van der Waals surface area (Å²) in [5, 5.41) is 7.44. The molecule has 21 heavy (non-hydrogen) atoms. The van der Waals surface area contributed by atoms with Gasteiger partial charge in [-0.3, -0.25) is 4.68 Å². The monoisotopic (exact) mass is 314 g/mol. The number of nitrogens with zero attached hydrogens (tertiary/aromatic N) is 3. The molecule has 120 valence electrons. The summed E-state index contributed by atoms with van der Waals surface area (Å²) in [6.07, 6.45) is 6.64. The average Bonchev–Trinajstić information content (AvgIpc) is 2.94. The Balaban J connectivity index is 2.62. The van der Waals surface area contributed by atoms with Crippen molar-refractivity contribution < 1.29 is 8.42 Å². The van der Waals surface area contributed by atoms with Crippen LogP contribution in [0.15, 0.2) is 29.9 Å². The molecule has 0 saturated heterocycles. The first-order valence-corrected chi connectivity index (χ1v) is 8.84. The van der Waals surface area contributed by atoms with Crippen LogP contribution in [-0.2, 0) is 16.6 Å². The molecule has 0 bridgehead atoms. The number of nitrogens with one attached hydrogen (secondary N) is 1. The lowest BCUT2D eigenvalue weighted by Crippen LogP contribution is -2.30. The highest BCUT2D eigenvalue weighted by molar-refractivity contribution is 7.89. The maximum atomic E-state index is 12.4. The normalized spacial score (nSPS) is 12.0. The fraction of sp³-hybridized carbons (Fsp3) is 0.643. The third-order valence-electron chi connectivity index (χ3n) is 3.10. The van der Waals surface area contributed by atoms with Gasteiger partial charge in [-0.05, 0) is 25.9 Å². The second kappa shape index (κ2) is 8.96. The zero-order valence-electron chi connectivity index (χ0n) is 13.0. The smallest absolute Gasteiger partial charge is 0.246 e. The van der Waals surface area contributed by atoms with Crippen LogP contribution in [-0.4, -0.2) is 48.7 Å². The second-order valence-electron chi connectivity index (χ2n) is 4.79. The Labute approximate surface area is 127 Å². The molecule has 6 nitrogen and oxygen atoms in total. The summed E-state index contributed by atoms with van der Waals surface area (Å²) in [5.74, 6) is 0. The number of rotatable bonds is 11. The first-order valence-electron chi connectivity index (χ1n) is 7.40. The van der Waals surface area contributed by atoms with Crippen molar-refractivity contribution in [3.8, 4) is 0 Å². The van der Waals surface area contributed by atoms with Gasteiger partial charge in [0.1, 0.15) is 4.90 Å². The van der Waals surface area contributed by atoms with Crippen LogP contribution >= 0.6 is 0 Å². The zero-order valence-corrected chi connectivity index (χ0v) is 13.8. The molecular weight excluding hydrogens is 288 g/mol. The summed E-state index contributed by atoms with van der Waals surface area (Å²) in [5.41, 5.74) is 0. The summed E-state index contributed by atoms with van der Waals surface area (Å²) in [4.78, 5) is 0.243. The van der Waals surface area contributed by atoms with Crippen LogP contribution in [0, 0.1) is 0 Å². The lowest BCUT2D eigenvalue weighted by Gasteiger charge is -2.17. The van der Waals surface area contributed by atoms with Crippen molar-refractivity contribution in [2.75, 3.05) is 26.2 Å². The molecule has 1 aromatic rings. The minimum absolute atomic E-state index is 0.243. The van der Waals surface area contributed by atoms with E-state index < -0.39 is 10.0 Å². The van der Waals surface area contributed by atoms with E-state index in [0.29, 0.717) is 19.6 Å². The average molecular weight is 314 g/mol. The maximum Gasteiger partial charge on any atom is 0.246 e. The molecule has 0 unspecified atom stereocenters. The first-order chi connectivity index (χ1) is 10.1. The van der Waals surface area contributed by atoms with Crippen molar-refractivity contribution in [2.45, 2.75) is 38.1 Å². The van der Waals surface area contributed by atoms with Gasteiger partial charge < -0.3 is 5.32 Å². The number of aromatic nitrogens is 2. The molecule has 0 radical (unpaired) electrons. The van der Waals surface area contributed by atoms with E-state index >= 15 is 0 Å². The van der Waals surface area contributed by atoms with Crippen LogP contribution in [0.5, 0.6) is 0 Å². The molecule has 0 aliphatic carbocycles. The number of aryl methyl sites for hydroxylation is 1. The predicted molar refractivity (Wildman–Crippen MR) is 84.6 cm³/mol. The van der Waals surface area contributed by atoms with Crippen molar-refractivity contribution in [2.24, 2.45) is 0 Å². The standard InChI is InChI=1S/C14H26N4O2S/c1-4-8-15-9-7-11-17-13-14(12-16-17)21(19,20)18(6-3)10-5-2/h5,12-13,15H,2,4,6-11H2,1,3H3. The van der Waals surface area contributed by atoms with E-state index in [2.05, 4.69) is 23.9 Å². The second-order valence-corrected chi connectivity index (χ2v) is 6.72. The Bertz CT molecular complexity index is 525. The van der Waals surface area contributed by atoms with E-state index in [1.165, 1.54) is 10.5 Å². The first kappa shape index (κ1) is 17.9. The fourth-order valence-electron chi connectivity index (χ4n) is 1.96. The molecule has 7 heteroatoms. The Morgan fingerprint density at radius 3 is 2.81 bits per heavy atom. The molecule has 0 aliphatic rings. The summed E-state index contributed by atoms with van der Waals surface area (Å²) < 4.78 is 27.9. The van der Waals surface area contributed by atoms with Crippen LogP contribution in [0.25, 0.3) is 0 Å². The highest BCUT2D eigenvalue weighted by Gasteiger charge is 2.23. The van der Waals surface area contributed by atoms with Crippen LogP contribution < -0.4 is 5.32 Å².